The number of rotatable bonds is 4. The van der Waals surface area contributed by atoms with Gasteiger partial charge in [0.05, 0.1) is 11.8 Å². The molecule has 1 saturated carbocycles. The Morgan fingerprint density at radius 1 is 1.12 bits per heavy atom. The van der Waals surface area contributed by atoms with Crippen molar-refractivity contribution >= 4 is 29.1 Å². The van der Waals surface area contributed by atoms with Crippen LogP contribution in [-0.4, -0.2) is 26.6 Å². The number of benzene rings is 1. The van der Waals surface area contributed by atoms with Crippen LogP contribution >= 0.6 is 11.5 Å². The third-order valence-electron chi connectivity index (χ3n) is 4.86. The number of amides is 1. The van der Waals surface area contributed by atoms with E-state index in [0.717, 1.165) is 17.7 Å². The number of carbonyl (C=O) groups excluding carboxylic acids is 1. The van der Waals surface area contributed by atoms with Crippen molar-refractivity contribution in [2.24, 2.45) is 23.7 Å². The van der Waals surface area contributed by atoms with Gasteiger partial charge in [0.1, 0.15) is 5.69 Å². The first-order chi connectivity index (χ1) is 11.6. The standard InChI is InChI=1S/C17H15N3O3S/c21-16(14-10-1-2-11(7-10)15(14)17(22)23)18-12-5-3-9(4-6-12)13-8-24-20-19-13/h1-6,8,10-11,14-15H,7H2,(H,18,21)(H,22,23)/t10-,11+,14-,15+/m0/s1. The summed E-state index contributed by atoms with van der Waals surface area (Å²) in [5, 5.41) is 18.2. The van der Waals surface area contributed by atoms with E-state index in [1.807, 2.05) is 29.7 Å². The lowest BCUT2D eigenvalue weighted by Gasteiger charge is -2.23. The molecule has 0 unspecified atom stereocenters. The molecular formula is C17H15N3O3S. The van der Waals surface area contributed by atoms with Gasteiger partial charge in [-0.2, -0.15) is 0 Å². The van der Waals surface area contributed by atoms with Crippen LogP contribution in [0.4, 0.5) is 5.69 Å². The molecule has 122 valence electrons. The predicted octanol–water partition coefficient (Wildman–Crippen LogP) is 2.67. The fourth-order valence-corrected chi connectivity index (χ4v) is 4.22. The zero-order valence-corrected chi connectivity index (χ0v) is 13.4. The summed E-state index contributed by atoms with van der Waals surface area (Å²) < 4.78 is 3.83. The van der Waals surface area contributed by atoms with E-state index in [1.54, 1.807) is 12.1 Å². The second kappa shape index (κ2) is 5.83. The normalized spacial score (nSPS) is 27.3. The first-order valence-corrected chi connectivity index (χ1v) is 8.56. The number of aliphatic carboxylic acids is 1. The van der Waals surface area contributed by atoms with Gasteiger partial charge in [0.2, 0.25) is 5.91 Å². The van der Waals surface area contributed by atoms with Crippen LogP contribution in [0.15, 0.2) is 41.8 Å². The molecule has 0 saturated heterocycles. The smallest absolute Gasteiger partial charge is 0.307 e. The van der Waals surface area contributed by atoms with Crippen molar-refractivity contribution in [3.8, 4) is 11.3 Å². The van der Waals surface area contributed by atoms with E-state index in [-0.39, 0.29) is 17.7 Å². The van der Waals surface area contributed by atoms with Gasteiger partial charge >= 0.3 is 5.97 Å². The van der Waals surface area contributed by atoms with Gasteiger partial charge in [0.25, 0.3) is 0 Å². The number of nitrogens with one attached hydrogen (secondary N) is 1. The van der Waals surface area contributed by atoms with E-state index in [4.69, 9.17) is 0 Å². The minimum absolute atomic E-state index is 0.0245. The largest absolute Gasteiger partial charge is 0.481 e. The number of fused-ring (bicyclic) bond motifs is 2. The summed E-state index contributed by atoms with van der Waals surface area (Å²) in [5.74, 6) is -2.24. The quantitative estimate of drug-likeness (QED) is 0.834. The van der Waals surface area contributed by atoms with Crippen molar-refractivity contribution in [3.05, 3.63) is 41.8 Å². The maximum Gasteiger partial charge on any atom is 0.307 e. The summed E-state index contributed by atoms with van der Waals surface area (Å²) in [6, 6.07) is 7.32. The minimum Gasteiger partial charge on any atom is -0.481 e. The van der Waals surface area contributed by atoms with Crippen molar-refractivity contribution in [3.63, 3.8) is 0 Å². The third kappa shape index (κ3) is 2.50. The molecule has 2 N–H and O–H groups in total. The van der Waals surface area contributed by atoms with Gasteiger partial charge in [-0.3, -0.25) is 9.59 Å². The highest BCUT2D eigenvalue weighted by Gasteiger charge is 2.51. The second-order valence-corrected chi connectivity index (χ2v) is 6.80. The van der Waals surface area contributed by atoms with Gasteiger partial charge in [-0.05, 0) is 41.9 Å². The Morgan fingerprint density at radius 2 is 1.83 bits per heavy atom. The predicted molar refractivity (Wildman–Crippen MR) is 89.3 cm³/mol. The molecule has 7 heteroatoms. The molecule has 2 aliphatic rings. The van der Waals surface area contributed by atoms with Crippen LogP contribution in [0.5, 0.6) is 0 Å². The Bertz CT molecular complexity index is 801. The number of hydrogen-bond acceptors (Lipinski definition) is 5. The van der Waals surface area contributed by atoms with Crippen molar-refractivity contribution < 1.29 is 14.7 Å². The molecule has 4 rings (SSSR count). The molecule has 0 radical (unpaired) electrons. The summed E-state index contributed by atoms with van der Waals surface area (Å²) >= 11 is 1.28. The van der Waals surface area contributed by atoms with Crippen LogP contribution in [0.25, 0.3) is 11.3 Å². The highest BCUT2D eigenvalue weighted by Crippen LogP contribution is 2.48. The molecular weight excluding hydrogens is 326 g/mol. The number of carboxylic acids is 1. The van der Waals surface area contributed by atoms with Crippen molar-refractivity contribution in [2.45, 2.75) is 6.42 Å². The molecule has 1 heterocycles. The molecule has 0 spiro atoms. The molecule has 4 atom stereocenters. The Balaban J connectivity index is 1.50. The minimum atomic E-state index is -0.890. The molecule has 2 aliphatic carbocycles. The number of carbonyl (C=O) groups is 2. The highest BCUT2D eigenvalue weighted by molar-refractivity contribution is 7.03. The summed E-state index contributed by atoms with van der Waals surface area (Å²) in [6.07, 6.45) is 4.67. The summed E-state index contributed by atoms with van der Waals surface area (Å²) in [4.78, 5) is 24.1. The van der Waals surface area contributed by atoms with Gasteiger partial charge in [-0.25, -0.2) is 0 Å². The average molecular weight is 341 g/mol. The number of anilines is 1. The van der Waals surface area contributed by atoms with E-state index in [9.17, 15) is 14.7 Å². The van der Waals surface area contributed by atoms with Gasteiger partial charge in [-0.15, -0.1) is 5.10 Å². The lowest BCUT2D eigenvalue weighted by Crippen LogP contribution is -2.36. The number of allylic oxidation sites excluding steroid dienone is 2. The number of nitrogens with zero attached hydrogens (tertiary/aromatic N) is 2. The van der Waals surface area contributed by atoms with Crippen molar-refractivity contribution in [1.82, 2.24) is 9.59 Å². The molecule has 1 amide bonds. The molecule has 0 aliphatic heterocycles. The molecule has 2 bridgehead atoms. The van der Waals surface area contributed by atoms with Crippen LogP contribution < -0.4 is 5.32 Å². The van der Waals surface area contributed by atoms with Crippen LogP contribution in [0.3, 0.4) is 0 Å². The van der Waals surface area contributed by atoms with Crippen LogP contribution in [0, 0.1) is 23.7 Å². The highest BCUT2D eigenvalue weighted by atomic mass is 32.1. The molecule has 1 aromatic carbocycles. The van der Waals surface area contributed by atoms with Crippen LogP contribution in [0.1, 0.15) is 6.42 Å². The molecule has 24 heavy (non-hydrogen) atoms. The van der Waals surface area contributed by atoms with E-state index in [1.165, 1.54) is 11.5 Å². The van der Waals surface area contributed by atoms with Gasteiger partial charge in [0, 0.05) is 16.6 Å². The van der Waals surface area contributed by atoms with Crippen molar-refractivity contribution in [2.75, 3.05) is 5.32 Å². The Kier molecular flexibility index (Phi) is 3.65. The molecule has 1 fully saturated rings. The third-order valence-corrected chi connectivity index (χ3v) is 5.36. The number of aromatic nitrogens is 2. The number of carboxylic acid groups (broad SMARTS) is 1. The average Bonchev–Trinajstić information content (AvgIpc) is 3.31. The van der Waals surface area contributed by atoms with Crippen LogP contribution in [0.2, 0.25) is 0 Å². The number of hydrogen-bond donors (Lipinski definition) is 2. The maximum absolute atomic E-state index is 12.6. The molecule has 6 nitrogen and oxygen atoms in total. The van der Waals surface area contributed by atoms with Crippen LogP contribution in [-0.2, 0) is 9.59 Å². The maximum atomic E-state index is 12.6. The van der Waals surface area contributed by atoms with E-state index in [0.29, 0.717) is 5.69 Å². The monoisotopic (exact) mass is 341 g/mol. The lowest BCUT2D eigenvalue weighted by atomic mass is 9.82. The van der Waals surface area contributed by atoms with Gasteiger partial charge in [-0.1, -0.05) is 28.8 Å². The van der Waals surface area contributed by atoms with Gasteiger partial charge in [0.15, 0.2) is 0 Å². The zero-order chi connectivity index (χ0) is 16.7. The Morgan fingerprint density at radius 3 is 2.46 bits per heavy atom. The van der Waals surface area contributed by atoms with E-state index >= 15 is 0 Å². The lowest BCUT2D eigenvalue weighted by molar-refractivity contribution is -0.146. The first kappa shape index (κ1) is 15.0. The van der Waals surface area contributed by atoms with Crippen molar-refractivity contribution in [1.29, 1.82) is 0 Å². The van der Waals surface area contributed by atoms with E-state index < -0.39 is 17.8 Å². The fourth-order valence-electron chi connectivity index (χ4n) is 3.76. The van der Waals surface area contributed by atoms with Gasteiger partial charge < -0.3 is 10.4 Å². The molecule has 2 aromatic rings. The fraction of sp³-hybridized carbons (Fsp3) is 0.294. The zero-order valence-electron chi connectivity index (χ0n) is 12.6. The Labute approximate surface area is 142 Å². The summed E-state index contributed by atoms with van der Waals surface area (Å²) in [7, 11) is 0. The summed E-state index contributed by atoms with van der Waals surface area (Å²) in [6.45, 7) is 0. The summed E-state index contributed by atoms with van der Waals surface area (Å²) in [5.41, 5.74) is 2.37. The van der Waals surface area contributed by atoms with E-state index in [2.05, 4.69) is 14.9 Å². The SMILES string of the molecule is O=C(Nc1ccc(-c2csnn2)cc1)[C@@H]1[C@H](C(=O)O)[C@@H]2C=C[C@H]1C2. The Hall–Kier alpha value is -2.54. The first-order valence-electron chi connectivity index (χ1n) is 7.73. The topological polar surface area (TPSA) is 92.2 Å². The second-order valence-electron chi connectivity index (χ2n) is 6.19. The molecule has 1 aromatic heterocycles.